The van der Waals surface area contributed by atoms with Crippen LogP contribution in [-0.4, -0.2) is 26.0 Å². The molecule has 0 aliphatic carbocycles. The van der Waals surface area contributed by atoms with Crippen LogP contribution in [0.1, 0.15) is 26.2 Å². The number of hydrogen-bond donors (Lipinski definition) is 2. The SMILES string of the molecule is CCC1(C(=O)NC)CCCNC1.Cl. The van der Waals surface area contributed by atoms with Crippen molar-refractivity contribution in [2.45, 2.75) is 26.2 Å². The molecule has 1 saturated heterocycles. The van der Waals surface area contributed by atoms with Crippen molar-refractivity contribution in [1.29, 1.82) is 0 Å². The normalized spacial score (nSPS) is 27.5. The molecule has 0 aromatic rings. The summed E-state index contributed by atoms with van der Waals surface area (Å²) >= 11 is 0. The second kappa shape index (κ2) is 5.45. The highest BCUT2D eigenvalue weighted by Gasteiger charge is 2.36. The lowest BCUT2D eigenvalue weighted by molar-refractivity contribution is -0.131. The maximum absolute atomic E-state index is 11.6. The Balaban J connectivity index is 0.00000144. The van der Waals surface area contributed by atoms with Gasteiger partial charge in [0.2, 0.25) is 5.91 Å². The van der Waals surface area contributed by atoms with E-state index in [2.05, 4.69) is 17.6 Å². The average Bonchev–Trinajstić information content (AvgIpc) is 2.17. The van der Waals surface area contributed by atoms with Gasteiger partial charge in [0.15, 0.2) is 0 Å². The summed E-state index contributed by atoms with van der Waals surface area (Å²) in [6.07, 6.45) is 3.07. The van der Waals surface area contributed by atoms with Crippen molar-refractivity contribution in [1.82, 2.24) is 10.6 Å². The van der Waals surface area contributed by atoms with Crippen LogP contribution in [0, 0.1) is 5.41 Å². The van der Waals surface area contributed by atoms with Crippen molar-refractivity contribution < 1.29 is 4.79 Å². The fraction of sp³-hybridized carbons (Fsp3) is 0.889. The van der Waals surface area contributed by atoms with E-state index in [0.717, 1.165) is 32.4 Å². The third kappa shape index (κ3) is 2.58. The summed E-state index contributed by atoms with van der Waals surface area (Å²) in [7, 11) is 1.72. The third-order valence-electron chi connectivity index (χ3n) is 2.86. The number of carbonyl (C=O) groups is 1. The Labute approximate surface area is 86.1 Å². The van der Waals surface area contributed by atoms with E-state index < -0.39 is 0 Å². The number of rotatable bonds is 2. The van der Waals surface area contributed by atoms with Gasteiger partial charge >= 0.3 is 0 Å². The van der Waals surface area contributed by atoms with Crippen LogP contribution in [0.4, 0.5) is 0 Å². The topological polar surface area (TPSA) is 41.1 Å². The smallest absolute Gasteiger partial charge is 0.227 e. The van der Waals surface area contributed by atoms with Gasteiger partial charge in [-0.3, -0.25) is 4.79 Å². The van der Waals surface area contributed by atoms with Crippen molar-refractivity contribution >= 4 is 18.3 Å². The molecule has 3 nitrogen and oxygen atoms in total. The van der Waals surface area contributed by atoms with Gasteiger partial charge < -0.3 is 10.6 Å². The molecule has 1 unspecified atom stereocenters. The molecule has 1 rings (SSSR count). The standard InChI is InChI=1S/C9H18N2O.ClH/c1-3-9(8(12)10-2)5-4-6-11-7-9;/h11H,3-7H2,1-2H3,(H,10,12);1H. The lowest BCUT2D eigenvalue weighted by Gasteiger charge is -2.34. The number of piperidine rings is 1. The highest BCUT2D eigenvalue weighted by atomic mass is 35.5. The molecule has 1 aliphatic heterocycles. The Hall–Kier alpha value is -0.280. The molecule has 1 amide bonds. The van der Waals surface area contributed by atoms with Gasteiger partial charge in [0.25, 0.3) is 0 Å². The number of amides is 1. The Kier molecular flexibility index (Phi) is 5.33. The molecule has 0 spiro atoms. The Bertz CT molecular complexity index is 167. The summed E-state index contributed by atoms with van der Waals surface area (Å²) < 4.78 is 0. The van der Waals surface area contributed by atoms with Crippen LogP contribution in [0.3, 0.4) is 0 Å². The summed E-state index contributed by atoms with van der Waals surface area (Å²) in [6.45, 7) is 3.98. The zero-order valence-electron chi connectivity index (χ0n) is 8.35. The molecule has 1 aliphatic rings. The minimum Gasteiger partial charge on any atom is -0.359 e. The Morgan fingerprint density at radius 2 is 2.31 bits per heavy atom. The second-order valence-corrected chi connectivity index (χ2v) is 3.49. The predicted octanol–water partition coefficient (Wildman–Crippen LogP) is 0.934. The van der Waals surface area contributed by atoms with Crippen molar-refractivity contribution in [2.75, 3.05) is 20.1 Å². The maximum Gasteiger partial charge on any atom is 0.227 e. The summed E-state index contributed by atoms with van der Waals surface area (Å²) in [5, 5.41) is 6.03. The molecule has 0 saturated carbocycles. The van der Waals surface area contributed by atoms with E-state index in [1.807, 2.05) is 0 Å². The Morgan fingerprint density at radius 3 is 2.69 bits per heavy atom. The molecular formula is C9H19ClN2O. The zero-order valence-corrected chi connectivity index (χ0v) is 9.17. The minimum atomic E-state index is -0.132. The van der Waals surface area contributed by atoms with Crippen LogP contribution < -0.4 is 10.6 Å². The number of carbonyl (C=O) groups excluding carboxylic acids is 1. The molecule has 4 heteroatoms. The van der Waals surface area contributed by atoms with E-state index in [0.29, 0.717) is 0 Å². The van der Waals surface area contributed by atoms with E-state index in [1.165, 1.54) is 0 Å². The summed E-state index contributed by atoms with van der Waals surface area (Å²) in [4.78, 5) is 11.6. The van der Waals surface area contributed by atoms with Crippen LogP contribution in [0.2, 0.25) is 0 Å². The summed E-state index contributed by atoms with van der Waals surface area (Å²) in [6, 6.07) is 0. The van der Waals surface area contributed by atoms with Crippen LogP contribution in [0.5, 0.6) is 0 Å². The van der Waals surface area contributed by atoms with Gasteiger partial charge in [0.1, 0.15) is 0 Å². The zero-order chi connectivity index (χ0) is 9.03. The van der Waals surface area contributed by atoms with Crippen molar-refractivity contribution in [3.05, 3.63) is 0 Å². The molecule has 78 valence electrons. The van der Waals surface area contributed by atoms with Crippen LogP contribution in [0.25, 0.3) is 0 Å². The van der Waals surface area contributed by atoms with Gasteiger partial charge in [-0.15, -0.1) is 12.4 Å². The van der Waals surface area contributed by atoms with Gasteiger partial charge in [-0.2, -0.15) is 0 Å². The fourth-order valence-electron chi connectivity index (χ4n) is 1.89. The quantitative estimate of drug-likeness (QED) is 0.706. The van der Waals surface area contributed by atoms with Crippen LogP contribution >= 0.6 is 12.4 Å². The lowest BCUT2D eigenvalue weighted by atomic mass is 9.77. The lowest BCUT2D eigenvalue weighted by Crippen LogP contribution is -2.49. The second-order valence-electron chi connectivity index (χ2n) is 3.49. The van der Waals surface area contributed by atoms with Gasteiger partial charge in [-0.25, -0.2) is 0 Å². The van der Waals surface area contributed by atoms with Crippen molar-refractivity contribution in [3.8, 4) is 0 Å². The average molecular weight is 207 g/mol. The number of hydrogen-bond acceptors (Lipinski definition) is 2. The molecule has 2 N–H and O–H groups in total. The van der Waals surface area contributed by atoms with E-state index in [1.54, 1.807) is 7.05 Å². The Morgan fingerprint density at radius 1 is 1.62 bits per heavy atom. The van der Waals surface area contributed by atoms with E-state index >= 15 is 0 Å². The first-order valence-electron chi connectivity index (χ1n) is 4.68. The van der Waals surface area contributed by atoms with Crippen LogP contribution in [-0.2, 0) is 4.79 Å². The van der Waals surface area contributed by atoms with Crippen molar-refractivity contribution in [2.24, 2.45) is 5.41 Å². The molecule has 0 bridgehead atoms. The largest absolute Gasteiger partial charge is 0.359 e. The number of nitrogens with one attached hydrogen (secondary N) is 2. The monoisotopic (exact) mass is 206 g/mol. The van der Waals surface area contributed by atoms with Gasteiger partial charge in [0.05, 0.1) is 5.41 Å². The van der Waals surface area contributed by atoms with Crippen LogP contribution in [0.15, 0.2) is 0 Å². The molecule has 0 aromatic heterocycles. The van der Waals surface area contributed by atoms with Gasteiger partial charge in [0, 0.05) is 13.6 Å². The summed E-state index contributed by atoms with van der Waals surface area (Å²) in [5.41, 5.74) is -0.132. The highest BCUT2D eigenvalue weighted by molar-refractivity contribution is 5.85. The molecule has 0 aromatic carbocycles. The van der Waals surface area contributed by atoms with E-state index in [-0.39, 0.29) is 23.7 Å². The molecule has 13 heavy (non-hydrogen) atoms. The van der Waals surface area contributed by atoms with Gasteiger partial charge in [-0.1, -0.05) is 6.92 Å². The molecule has 1 atom stereocenters. The minimum absolute atomic E-state index is 0. The molecule has 0 radical (unpaired) electrons. The third-order valence-corrected chi connectivity index (χ3v) is 2.86. The predicted molar refractivity (Wildman–Crippen MR) is 56.1 cm³/mol. The summed E-state index contributed by atoms with van der Waals surface area (Å²) in [5.74, 6) is 0.192. The molecule has 1 fully saturated rings. The maximum atomic E-state index is 11.6. The first kappa shape index (κ1) is 12.7. The van der Waals surface area contributed by atoms with Crippen molar-refractivity contribution in [3.63, 3.8) is 0 Å². The fourth-order valence-corrected chi connectivity index (χ4v) is 1.89. The first-order valence-corrected chi connectivity index (χ1v) is 4.68. The molecule has 1 heterocycles. The molecular weight excluding hydrogens is 188 g/mol. The number of halogens is 1. The van der Waals surface area contributed by atoms with E-state index in [4.69, 9.17) is 0 Å². The van der Waals surface area contributed by atoms with Gasteiger partial charge in [-0.05, 0) is 25.8 Å². The van der Waals surface area contributed by atoms with E-state index in [9.17, 15) is 4.79 Å². The first-order chi connectivity index (χ1) is 5.75. The highest BCUT2D eigenvalue weighted by Crippen LogP contribution is 2.29.